The summed E-state index contributed by atoms with van der Waals surface area (Å²) < 4.78 is 5.43. The highest BCUT2D eigenvalue weighted by Gasteiger charge is 2.47. The van der Waals surface area contributed by atoms with Crippen molar-refractivity contribution in [1.29, 1.82) is 0 Å². The van der Waals surface area contributed by atoms with Crippen LogP contribution in [0.1, 0.15) is 42.1 Å². The third-order valence-electron chi connectivity index (χ3n) is 6.82. The maximum Gasteiger partial charge on any atom is 0.300 e. The largest absolute Gasteiger partial charge is 0.507 e. The zero-order valence-electron chi connectivity index (χ0n) is 21.7. The Balaban J connectivity index is 1.97. The van der Waals surface area contributed by atoms with E-state index in [2.05, 4.69) is 18.7 Å². The molecule has 1 saturated heterocycles. The van der Waals surface area contributed by atoms with Gasteiger partial charge in [0.1, 0.15) is 11.5 Å². The number of Topliss-reactive ketones (excluding diaryl/α,β-unsaturated/α-hetero) is 1. The first-order valence-electron chi connectivity index (χ1n) is 12.3. The number of ether oxygens (including phenoxy) is 1. The van der Waals surface area contributed by atoms with Crippen molar-refractivity contribution in [3.05, 3.63) is 93.5 Å². The van der Waals surface area contributed by atoms with Gasteiger partial charge in [-0.15, -0.1) is 0 Å². The fourth-order valence-electron chi connectivity index (χ4n) is 4.84. The standard InChI is InChI=1S/C30H31ClN2O4/c1-6-32(7-2)22-13-10-20(11-14-22)27-26(28(34)23-17-21(31)12-15-25(23)37-5)29(35)30(36)33(27)24-16-18(3)8-9-19(24)4/h8-17,27,34H,6-7H2,1-5H3/b28-26+. The molecule has 192 valence electrons. The van der Waals surface area contributed by atoms with Crippen LogP contribution in [0.5, 0.6) is 5.75 Å². The molecule has 3 aromatic rings. The number of anilines is 2. The van der Waals surface area contributed by atoms with Gasteiger partial charge in [-0.3, -0.25) is 14.5 Å². The van der Waals surface area contributed by atoms with Crippen LogP contribution in [-0.2, 0) is 9.59 Å². The van der Waals surface area contributed by atoms with Gasteiger partial charge < -0.3 is 14.7 Å². The van der Waals surface area contributed by atoms with Crippen LogP contribution in [0, 0.1) is 13.8 Å². The van der Waals surface area contributed by atoms with Gasteiger partial charge >= 0.3 is 0 Å². The number of nitrogens with zero attached hydrogens (tertiary/aromatic N) is 2. The molecular formula is C30H31ClN2O4. The highest BCUT2D eigenvalue weighted by atomic mass is 35.5. The van der Waals surface area contributed by atoms with Crippen molar-refractivity contribution in [2.45, 2.75) is 33.7 Å². The van der Waals surface area contributed by atoms with Gasteiger partial charge in [0.2, 0.25) is 0 Å². The molecule has 37 heavy (non-hydrogen) atoms. The molecule has 1 N–H and O–H groups in total. The van der Waals surface area contributed by atoms with E-state index in [-0.39, 0.29) is 16.9 Å². The lowest BCUT2D eigenvalue weighted by Gasteiger charge is -2.28. The lowest BCUT2D eigenvalue weighted by atomic mass is 9.94. The Kier molecular flexibility index (Phi) is 7.60. The number of amides is 1. The van der Waals surface area contributed by atoms with Gasteiger partial charge in [-0.25, -0.2) is 0 Å². The van der Waals surface area contributed by atoms with Crippen LogP contribution in [-0.4, -0.2) is 37.0 Å². The summed E-state index contributed by atoms with van der Waals surface area (Å²) in [6.45, 7) is 9.71. The predicted molar refractivity (Wildman–Crippen MR) is 149 cm³/mol. The van der Waals surface area contributed by atoms with Crippen molar-refractivity contribution < 1.29 is 19.4 Å². The van der Waals surface area contributed by atoms with E-state index < -0.39 is 17.7 Å². The number of aryl methyl sites for hydroxylation is 2. The van der Waals surface area contributed by atoms with Crippen LogP contribution in [0.15, 0.2) is 66.2 Å². The molecule has 3 aromatic carbocycles. The molecule has 4 rings (SSSR count). The van der Waals surface area contributed by atoms with Gasteiger partial charge in [-0.2, -0.15) is 0 Å². The Morgan fingerprint density at radius 2 is 1.68 bits per heavy atom. The summed E-state index contributed by atoms with van der Waals surface area (Å²) in [4.78, 5) is 30.8. The third kappa shape index (κ3) is 4.81. The van der Waals surface area contributed by atoms with Crippen LogP contribution < -0.4 is 14.5 Å². The first-order valence-corrected chi connectivity index (χ1v) is 12.7. The minimum Gasteiger partial charge on any atom is -0.507 e. The fourth-order valence-corrected chi connectivity index (χ4v) is 5.01. The van der Waals surface area contributed by atoms with Gasteiger partial charge in [-0.1, -0.05) is 35.9 Å². The second kappa shape index (κ2) is 10.7. The molecule has 6 nitrogen and oxygen atoms in total. The van der Waals surface area contributed by atoms with E-state index in [1.807, 2.05) is 56.3 Å². The number of aliphatic hydroxyl groups excluding tert-OH is 1. The molecule has 0 spiro atoms. The minimum absolute atomic E-state index is 0.0120. The number of aliphatic hydroxyl groups is 1. The summed E-state index contributed by atoms with van der Waals surface area (Å²) in [6.07, 6.45) is 0. The molecule has 1 atom stereocenters. The highest BCUT2D eigenvalue weighted by Crippen LogP contribution is 2.44. The molecule has 0 aliphatic carbocycles. The molecule has 1 fully saturated rings. The summed E-state index contributed by atoms with van der Waals surface area (Å²) in [5.74, 6) is -1.45. The molecule has 7 heteroatoms. The molecule has 1 unspecified atom stereocenters. The Labute approximate surface area is 222 Å². The molecule has 1 heterocycles. The molecule has 0 radical (unpaired) electrons. The van der Waals surface area contributed by atoms with Crippen molar-refractivity contribution in [3.63, 3.8) is 0 Å². The SMILES string of the molecule is CCN(CC)c1ccc(C2/C(=C(\O)c3cc(Cl)ccc3OC)C(=O)C(=O)N2c2cc(C)ccc2C)cc1. The average Bonchev–Trinajstić information content (AvgIpc) is 3.16. The van der Waals surface area contributed by atoms with Crippen LogP contribution in [0.4, 0.5) is 11.4 Å². The number of halogens is 1. The van der Waals surface area contributed by atoms with Gasteiger partial charge in [0, 0.05) is 29.5 Å². The number of hydrogen-bond acceptors (Lipinski definition) is 5. The van der Waals surface area contributed by atoms with Gasteiger partial charge in [0.25, 0.3) is 11.7 Å². The summed E-state index contributed by atoms with van der Waals surface area (Å²) >= 11 is 6.22. The summed E-state index contributed by atoms with van der Waals surface area (Å²) in [6, 6.07) is 17.5. The Hall–Kier alpha value is -3.77. The van der Waals surface area contributed by atoms with E-state index in [4.69, 9.17) is 16.3 Å². The normalized spacial score (nSPS) is 16.8. The van der Waals surface area contributed by atoms with E-state index in [9.17, 15) is 14.7 Å². The van der Waals surface area contributed by atoms with E-state index in [0.717, 1.165) is 29.9 Å². The van der Waals surface area contributed by atoms with Gasteiger partial charge in [-0.05, 0) is 80.8 Å². The number of carbonyl (C=O) groups excluding carboxylic acids is 2. The molecule has 0 aromatic heterocycles. The summed E-state index contributed by atoms with van der Waals surface area (Å²) in [5, 5.41) is 11.9. The average molecular weight is 519 g/mol. The molecule has 1 aliphatic heterocycles. The number of hydrogen-bond donors (Lipinski definition) is 1. The van der Waals surface area contributed by atoms with Crippen molar-refractivity contribution in [1.82, 2.24) is 0 Å². The van der Waals surface area contributed by atoms with Crippen molar-refractivity contribution in [2.24, 2.45) is 0 Å². The maximum atomic E-state index is 13.6. The maximum absolute atomic E-state index is 13.6. The number of benzene rings is 3. The molecule has 0 bridgehead atoms. The van der Waals surface area contributed by atoms with Crippen molar-refractivity contribution in [3.8, 4) is 5.75 Å². The second-order valence-corrected chi connectivity index (χ2v) is 9.50. The lowest BCUT2D eigenvalue weighted by molar-refractivity contribution is -0.132. The molecular weight excluding hydrogens is 488 g/mol. The van der Waals surface area contributed by atoms with Gasteiger partial charge in [0.05, 0.1) is 24.3 Å². The topological polar surface area (TPSA) is 70.1 Å². The molecule has 0 saturated carbocycles. The quantitative estimate of drug-likeness (QED) is 0.221. The summed E-state index contributed by atoms with van der Waals surface area (Å²) in [7, 11) is 1.47. The first kappa shape index (κ1) is 26.3. The zero-order valence-corrected chi connectivity index (χ0v) is 22.5. The summed E-state index contributed by atoms with van der Waals surface area (Å²) in [5.41, 5.74) is 4.40. The fraction of sp³-hybridized carbons (Fsp3) is 0.267. The monoisotopic (exact) mass is 518 g/mol. The first-order chi connectivity index (χ1) is 17.7. The predicted octanol–water partition coefficient (Wildman–Crippen LogP) is 6.44. The number of ketones is 1. The minimum atomic E-state index is -0.838. The molecule has 1 aliphatic rings. The van der Waals surface area contributed by atoms with Crippen molar-refractivity contribution in [2.75, 3.05) is 30.0 Å². The van der Waals surface area contributed by atoms with E-state index in [1.165, 1.54) is 18.1 Å². The van der Waals surface area contributed by atoms with Crippen LogP contribution in [0.3, 0.4) is 0 Å². The lowest BCUT2D eigenvalue weighted by Crippen LogP contribution is -2.30. The van der Waals surface area contributed by atoms with Gasteiger partial charge in [0.15, 0.2) is 0 Å². The van der Waals surface area contributed by atoms with Crippen LogP contribution >= 0.6 is 11.6 Å². The van der Waals surface area contributed by atoms with E-state index >= 15 is 0 Å². The number of carbonyl (C=O) groups is 2. The Morgan fingerprint density at radius 1 is 1.00 bits per heavy atom. The third-order valence-corrected chi connectivity index (χ3v) is 7.06. The Bertz CT molecular complexity index is 1380. The van der Waals surface area contributed by atoms with E-state index in [1.54, 1.807) is 12.1 Å². The number of methoxy groups -OCH3 is 1. The van der Waals surface area contributed by atoms with Crippen LogP contribution in [0.2, 0.25) is 5.02 Å². The highest BCUT2D eigenvalue weighted by molar-refractivity contribution is 6.52. The Morgan fingerprint density at radius 3 is 2.30 bits per heavy atom. The smallest absolute Gasteiger partial charge is 0.300 e. The second-order valence-electron chi connectivity index (χ2n) is 9.07. The van der Waals surface area contributed by atoms with Crippen molar-refractivity contribution >= 4 is 40.4 Å². The zero-order chi connectivity index (χ0) is 26.9. The number of rotatable bonds is 7. The van der Waals surface area contributed by atoms with Crippen LogP contribution in [0.25, 0.3) is 5.76 Å². The van der Waals surface area contributed by atoms with E-state index in [0.29, 0.717) is 22.0 Å². The molecule has 1 amide bonds.